The van der Waals surface area contributed by atoms with Crippen LogP contribution in [0.15, 0.2) is 35.1 Å². The third-order valence-corrected chi connectivity index (χ3v) is 3.05. The summed E-state index contributed by atoms with van der Waals surface area (Å²) in [6, 6.07) is 10.3. The van der Waals surface area contributed by atoms with Crippen molar-refractivity contribution in [1.82, 2.24) is 15.1 Å². The number of benzene rings is 1. The van der Waals surface area contributed by atoms with Gasteiger partial charge in [0, 0.05) is 12.6 Å². The number of carbonyl (C=O) groups is 1. The van der Waals surface area contributed by atoms with Crippen LogP contribution in [0.4, 0.5) is 0 Å². The second-order valence-corrected chi connectivity index (χ2v) is 4.37. The Morgan fingerprint density at radius 2 is 2.09 bits per heavy atom. The van der Waals surface area contributed by atoms with E-state index in [0.29, 0.717) is 17.0 Å². The molecule has 0 saturated carbocycles. The fraction of sp³-hybridized carbons (Fsp3) is 0.200. The molecule has 2 rings (SSSR count). The Hall–Kier alpha value is -3.14. The summed E-state index contributed by atoms with van der Waals surface area (Å²) in [6.07, 6.45) is 0. The molecule has 0 radical (unpaired) electrons. The van der Waals surface area contributed by atoms with E-state index in [0.717, 1.165) is 4.68 Å². The van der Waals surface area contributed by atoms with Crippen LogP contribution < -0.4 is 15.6 Å². The first-order valence-electron chi connectivity index (χ1n) is 6.46. The minimum absolute atomic E-state index is 0.0569. The molecule has 0 aliphatic rings. The lowest BCUT2D eigenvalue weighted by Crippen LogP contribution is -2.33. The first-order valence-corrected chi connectivity index (χ1v) is 6.46. The Kier molecular flexibility index (Phi) is 4.53. The Bertz CT molecular complexity index is 788. The fourth-order valence-corrected chi connectivity index (χ4v) is 1.92. The summed E-state index contributed by atoms with van der Waals surface area (Å²) in [5.41, 5.74) is 0.477. The molecular formula is C15H14N4O3. The van der Waals surface area contributed by atoms with Crippen molar-refractivity contribution in [1.29, 1.82) is 5.26 Å². The summed E-state index contributed by atoms with van der Waals surface area (Å²) < 4.78 is 6.06. The van der Waals surface area contributed by atoms with E-state index in [-0.39, 0.29) is 12.1 Å². The van der Waals surface area contributed by atoms with E-state index in [1.54, 1.807) is 31.4 Å². The van der Waals surface area contributed by atoms with Crippen molar-refractivity contribution in [3.63, 3.8) is 0 Å². The quantitative estimate of drug-likeness (QED) is 0.900. The molecule has 1 heterocycles. The number of nitriles is 1. The van der Waals surface area contributed by atoms with Gasteiger partial charge < -0.3 is 10.1 Å². The van der Waals surface area contributed by atoms with Gasteiger partial charge in [-0.1, -0.05) is 0 Å². The van der Waals surface area contributed by atoms with Crippen LogP contribution in [-0.4, -0.2) is 29.8 Å². The number of rotatable bonds is 4. The molecule has 7 nitrogen and oxygen atoms in total. The van der Waals surface area contributed by atoms with Gasteiger partial charge in [0.25, 0.3) is 11.5 Å². The smallest absolute Gasteiger partial charge is 0.280 e. The standard InChI is InChI=1S/C15H14N4O3/c1-17-14(20)12-9-13(18-19(8-7-16)15(12)21)10-3-5-11(22-2)6-4-10/h3-6,9H,8H2,1-2H3,(H,17,20). The average Bonchev–Trinajstić information content (AvgIpc) is 2.56. The molecule has 0 aliphatic carbocycles. The van der Waals surface area contributed by atoms with Gasteiger partial charge in [0.2, 0.25) is 0 Å². The number of amides is 1. The molecule has 0 aliphatic heterocycles. The number of nitrogens with zero attached hydrogens (tertiary/aromatic N) is 3. The molecule has 1 amide bonds. The van der Waals surface area contributed by atoms with E-state index in [9.17, 15) is 9.59 Å². The molecule has 0 unspecified atom stereocenters. The highest BCUT2D eigenvalue weighted by Gasteiger charge is 2.15. The van der Waals surface area contributed by atoms with Crippen LogP contribution in [0, 0.1) is 11.3 Å². The number of nitrogens with one attached hydrogen (secondary N) is 1. The number of methoxy groups -OCH3 is 1. The molecule has 0 atom stereocenters. The highest BCUT2D eigenvalue weighted by Crippen LogP contribution is 2.20. The SMILES string of the molecule is CNC(=O)c1cc(-c2ccc(OC)cc2)nn(CC#N)c1=O. The maximum atomic E-state index is 12.1. The summed E-state index contributed by atoms with van der Waals surface area (Å²) in [7, 11) is 2.99. The summed E-state index contributed by atoms with van der Waals surface area (Å²) in [5.74, 6) is 0.162. The van der Waals surface area contributed by atoms with Gasteiger partial charge in [-0.15, -0.1) is 0 Å². The molecule has 1 aromatic carbocycles. The van der Waals surface area contributed by atoms with E-state index < -0.39 is 11.5 Å². The summed E-state index contributed by atoms with van der Waals surface area (Å²) in [4.78, 5) is 23.9. The largest absolute Gasteiger partial charge is 0.497 e. The van der Waals surface area contributed by atoms with Crippen molar-refractivity contribution >= 4 is 5.91 Å². The highest BCUT2D eigenvalue weighted by molar-refractivity contribution is 5.94. The van der Waals surface area contributed by atoms with Crippen LogP contribution >= 0.6 is 0 Å². The molecule has 1 aromatic heterocycles. The minimum Gasteiger partial charge on any atom is -0.497 e. The monoisotopic (exact) mass is 298 g/mol. The van der Waals surface area contributed by atoms with Crippen molar-refractivity contribution in [2.45, 2.75) is 6.54 Å². The normalized spacial score (nSPS) is 9.86. The van der Waals surface area contributed by atoms with Crippen molar-refractivity contribution < 1.29 is 9.53 Å². The van der Waals surface area contributed by atoms with Crippen LogP contribution in [-0.2, 0) is 6.54 Å². The Morgan fingerprint density at radius 3 is 2.64 bits per heavy atom. The molecular weight excluding hydrogens is 284 g/mol. The van der Waals surface area contributed by atoms with E-state index >= 15 is 0 Å². The molecule has 0 spiro atoms. The summed E-state index contributed by atoms with van der Waals surface area (Å²) in [5, 5.41) is 15.3. The van der Waals surface area contributed by atoms with E-state index in [2.05, 4.69) is 10.4 Å². The molecule has 1 N–H and O–H groups in total. The van der Waals surface area contributed by atoms with Crippen LogP contribution in [0.5, 0.6) is 5.75 Å². The van der Waals surface area contributed by atoms with Crippen molar-refractivity contribution in [2.75, 3.05) is 14.2 Å². The zero-order chi connectivity index (χ0) is 16.1. The first kappa shape index (κ1) is 15.3. The van der Waals surface area contributed by atoms with Gasteiger partial charge in [-0.25, -0.2) is 4.68 Å². The van der Waals surface area contributed by atoms with E-state index in [4.69, 9.17) is 10.00 Å². The lowest BCUT2D eigenvalue weighted by molar-refractivity contribution is 0.0960. The summed E-state index contributed by atoms with van der Waals surface area (Å²) >= 11 is 0. The van der Waals surface area contributed by atoms with E-state index in [1.807, 2.05) is 6.07 Å². The molecule has 0 saturated heterocycles. The van der Waals surface area contributed by atoms with Crippen molar-refractivity contribution in [3.8, 4) is 23.1 Å². The third-order valence-electron chi connectivity index (χ3n) is 3.05. The zero-order valence-electron chi connectivity index (χ0n) is 12.2. The Morgan fingerprint density at radius 1 is 1.41 bits per heavy atom. The topological polar surface area (TPSA) is 97.0 Å². The second kappa shape index (κ2) is 6.54. The number of aromatic nitrogens is 2. The maximum absolute atomic E-state index is 12.1. The number of hydrogen-bond donors (Lipinski definition) is 1. The lowest BCUT2D eigenvalue weighted by atomic mass is 10.1. The van der Waals surface area contributed by atoms with Gasteiger partial charge >= 0.3 is 0 Å². The van der Waals surface area contributed by atoms with Gasteiger partial charge in [0.15, 0.2) is 0 Å². The fourth-order valence-electron chi connectivity index (χ4n) is 1.92. The van der Waals surface area contributed by atoms with Crippen molar-refractivity contribution in [3.05, 3.63) is 46.2 Å². The zero-order valence-corrected chi connectivity index (χ0v) is 12.2. The maximum Gasteiger partial charge on any atom is 0.280 e. The Labute approximate surface area is 126 Å². The highest BCUT2D eigenvalue weighted by atomic mass is 16.5. The third kappa shape index (κ3) is 2.96. The minimum atomic E-state index is -0.599. The van der Waals surface area contributed by atoms with Crippen LogP contribution in [0.25, 0.3) is 11.3 Å². The number of carbonyl (C=O) groups excluding carboxylic acids is 1. The number of hydrogen-bond acceptors (Lipinski definition) is 5. The first-order chi connectivity index (χ1) is 10.6. The van der Waals surface area contributed by atoms with Gasteiger partial charge in [0.1, 0.15) is 17.9 Å². The molecule has 22 heavy (non-hydrogen) atoms. The molecule has 7 heteroatoms. The molecule has 0 fully saturated rings. The predicted octanol–water partition coefficient (Wildman–Crippen LogP) is 0.802. The van der Waals surface area contributed by atoms with Crippen LogP contribution in [0.2, 0.25) is 0 Å². The van der Waals surface area contributed by atoms with Crippen molar-refractivity contribution in [2.24, 2.45) is 0 Å². The predicted molar refractivity (Wildman–Crippen MR) is 79.5 cm³/mol. The van der Waals surface area contributed by atoms with Crippen LogP contribution in [0.1, 0.15) is 10.4 Å². The van der Waals surface area contributed by atoms with Gasteiger partial charge in [-0.3, -0.25) is 9.59 Å². The van der Waals surface area contributed by atoms with Crippen LogP contribution in [0.3, 0.4) is 0 Å². The second-order valence-electron chi connectivity index (χ2n) is 4.37. The number of ether oxygens (including phenoxy) is 1. The summed E-state index contributed by atoms with van der Waals surface area (Å²) in [6.45, 7) is -0.229. The van der Waals surface area contributed by atoms with Gasteiger partial charge in [0.05, 0.1) is 18.9 Å². The Balaban J connectivity index is 2.59. The molecule has 0 bridgehead atoms. The molecule has 2 aromatic rings. The van der Waals surface area contributed by atoms with Gasteiger partial charge in [-0.05, 0) is 30.3 Å². The van der Waals surface area contributed by atoms with E-state index in [1.165, 1.54) is 13.1 Å². The van der Waals surface area contributed by atoms with Gasteiger partial charge in [-0.2, -0.15) is 10.4 Å². The average molecular weight is 298 g/mol. The molecule has 112 valence electrons. The lowest BCUT2D eigenvalue weighted by Gasteiger charge is -2.08.